The molecule has 0 aromatic carbocycles. The quantitative estimate of drug-likeness (QED) is 0.889. The van der Waals surface area contributed by atoms with Gasteiger partial charge in [-0.05, 0) is 5.92 Å². The first kappa shape index (κ1) is 14.1. The van der Waals surface area contributed by atoms with Gasteiger partial charge in [0.15, 0.2) is 17.3 Å². The van der Waals surface area contributed by atoms with Gasteiger partial charge in [-0.15, -0.1) is 5.10 Å². The van der Waals surface area contributed by atoms with Crippen LogP contribution < -0.4 is 15.2 Å². The highest BCUT2D eigenvalue weighted by Crippen LogP contribution is 2.30. The molecule has 0 aliphatic heterocycles. The summed E-state index contributed by atoms with van der Waals surface area (Å²) in [6.07, 6.45) is 1.67. The Morgan fingerprint density at radius 1 is 1.30 bits per heavy atom. The minimum Gasteiger partial charge on any atom is -0.493 e. The number of nitrogens with zero attached hydrogens (tertiary/aromatic N) is 4. The van der Waals surface area contributed by atoms with Gasteiger partial charge in [0.05, 0.1) is 26.5 Å². The van der Waals surface area contributed by atoms with Crippen molar-refractivity contribution in [3.05, 3.63) is 23.7 Å². The van der Waals surface area contributed by atoms with E-state index in [9.17, 15) is 0 Å². The zero-order valence-electron chi connectivity index (χ0n) is 12.1. The molecular formula is C13H19N5O2. The molecule has 0 bridgehead atoms. The van der Waals surface area contributed by atoms with Gasteiger partial charge in [0, 0.05) is 12.3 Å². The van der Waals surface area contributed by atoms with Crippen molar-refractivity contribution in [3.63, 3.8) is 0 Å². The molecule has 0 fully saturated rings. The Bertz CT molecular complexity index is 594. The minimum absolute atomic E-state index is 0.224. The Balaban J connectivity index is 2.40. The van der Waals surface area contributed by atoms with Crippen molar-refractivity contribution >= 4 is 5.82 Å². The average Bonchev–Trinajstić information content (AvgIpc) is 2.79. The molecule has 0 spiro atoms. The highest BCUT2D eigenvalue weighted by molar-refractivity contribution is 5.43. The van der Waals surface area contributed by atoms with E-state index in [1.54, 1.807) is 31.2 Å². The van der Waals surface area contributed by atoms with Gasteiger partial charge in [-0.3, -0.25) is 4.98 Å². The van der Waals surface area contributed by atoms with Crippen LogP contribution in [0.1, 0.15) is 31.2 Å². The summed E-state index contributed by atoms with van der Waals surface area (Å²) in [5.74, 6) is 1.90. The van der Waals surface area contributed by atoms with Crippen LogP contribution in [0.2, 0.25) is 0 Å². The van der Waals surface area contributed by atoms with Crippen molar-refractivity contribution in [3.8, 4) is 11.5 Å². The number of nitrogens with two attached hydrogens (primary N) is 1. The molecule has 0 unspecified atom stereocenters. The normalized spacial score (nSPS) is 10.8. The molecule has 108 valence electrons. The molecule has 0 saturated carbocycles. The van der Waals surface area contributed by atoms with E-state index in [1.807, 2.05) is 13.8 Å². The third-order valence-corrected chi connectivity index (χ3v) is 3.01. The molecule has 2 N–H and O–H groups in total. The summed E-state index contributed by atoms with van der Waals surface area (Å²) < 4.78 is 12.4. The molecule has 0 radical (unpaired) electrons. The van der Waals surface area contributed by atoms with Gasteiger partial charge >= 0.3 is 0 Å². The molecule has 2 aromatic rings. The number of nitrogen functional groups attached to an aromatic ring is 1. The summed E-state index contributed by atoms with van der Waals surface area (Å²) in [4.78, 5) is 4.33. The number of anilines is 1. The zero-order valence-corrected chi connectivity index (χ0v) is 12.1. The van der Waals surface area contributed by atoms with Crippen molar-refractivity contribution in [1.82, 2.24) is 20.0 Å². The van der Waals surface area contributed by atoms with Crippen LogP contribution in [-0.2, 0) is 6.54 Å². The van der Waals surface area contributed by atoms with E-state index in [1.165, 1.54) is 0 Å². The standard InChI is InChI=1S/C13H19N5O2/c1-8(2)11-13(14)16-17-18(11)7-9-12(20-4)10(19-3)5-6-15-9/h5-6,8H,7,14H2,1-4H3. The monoisotopic (exact) mass is 277 g/mol. The predicted octanol–water partition coefficient (Wildman–Crippen LogP) is 1.44. The van der Waals surface area contributed by atoms with Gasteiger partial charge in [-0.25, -0.2) is 4.68 Å². The first-order chi connectivity index (χ1) is 9.58. The highest BCUT2D eigenvalue weighted by Gasteiger charge is 2.17. The Morgan fingerprint density at radius 2 is 2.05 bits per heavy atom. The van der Waals surface area contributed by atoms with Crippen molar-refractivity contribution in [2.75, 3.05) is 20.0 Å². The lowest BCUT2D eigenvalue weighted by Crippen LogP contribution is -2.11. The summed E-state index contributed by atoms with van der Waals surface area (Å²) in [6, 6.07) is 1.75. The first-order valence-electron chi connectivity index (χ1n) is 6.33. The van der Waals surface area contributed by atoms with Gasteiger partial charge in [0.1, 0.15) is 5.69 Å². The summed E-state index contributed by atoms with van der Waals surface area (Å²) >= 11 is 0. The van der Waals surface area contributed by atoms with Gasteiger partial charge < -0.3 is 15.2 Å². The first-order valence-corrected chi connectivity index (χ1v) is 6.33. The van der Waals surface area contributed by atoms with Crippen LogP contribution in [-0.4, -0.2) is 34.2 Å². The zero-order chi connectivity index (χ0) is 14.7. The number of rotatable bonds is 5. The van der Waals surface area contributed by atoms with E-state index in [4.69, 9.17) is 15.2 Å². The van der Waals surface area contributed by atoms with E-state index in [0.29, 0.717) is 23.9 Å². The van der Waals surface area contributed by atoms with Crippen LogP contribution in [0.3, 0.4) is 0 Å². The number of ether oxygens (including phenoxy) is 2. The molecule has 0 amide bonds. The third-order valence-electron chi connectivity index (χ3n) is 3.01. The van der Waals surface area contributed by atoms with Crippen LogP contribution >= 0.6 is 0 Å². The molecule has 0 aliphatic carbocycles. The molecule has 0 saturated heterocycles. The van der Waals surface area contributed by atoms with Gasteiger partial charge in [-0.1, -0.05) is 19.1 Å². The fraction of sp³-hybridized carbons (Fsp3) is 0.462. The van der Waals surface area contributed by atoms with Crippen molar-refractivity contribution < 1.29 is 9.47 Å². The number of hydrogen-bond donors (Lipinski definition) is 1. The number of pyridine rings is 1. The maximum Gasteiger partial charge on any atom is 0.184 e. The van der Waals surface area contributed by atoms with Crippen LogP contribution in [0.25, 0.3) is 0 Å². The average molecular weight is 277 g/mol. The van der Waals surface area contributed by atoms with E-state index in [2.05, 4.69) is 15.3 Å². The minimum atomic E-state index is 0.224. The molecule has 2 rings (SSSR count). The lowest BCUT2D eigenvalue weighted by Gasteiger charge is -2.13. The molecule has 2 aromatic heterocycles. The van der Waals surface area contributed by atoms with Crippen molar-refractivity contribution in [2.24, 2.45) is 0 Å². The van der Waals surface area contributed by atoms with Gasteiger partial charge in [0.2, 0.25) is 0 Å². The third kappa shape index (κ3) is 2.52. The molecule has 20 heavy (non-hydrogen) atoms. The number of methoxy groups -OCH3 is 2. The summed E-state index contributed by atoms with van der Waals surface area (Å²) in [5, 5.41) is 7.99. The maximum atomic E-state index is 5.85. The second-order valence-corrected chi connectivity index (χ2v) is 4.67. The lowest BCUT2D eigenvalue weighted by molar-refractivity contribution is 0.347. The SMILES string of the molecule is COc1ccnc(Cn2nnc(N)c2C(C)C)c1OC. The second-order valence-electron chi connectivity index (χ2n) is 4.67. The number of aromatic nitrogens is 4. The molecule has 7 nitrogen and oxygen atoms in total. The van der Waals surface area contributed by atoms with Gasteiger partial charge in [0.25, 0.3) is 0 Å². The second kappa shape index (κ2) is 5.77. The Labute approximate surface area is 117 Å². The molecular weight excluding hydrogens is 258 g/mol. The van der Waals surface area contributed by atoms with Crippen LogP contribution in [0.5, 0.6) is 11.5 Å². The Morgan fingerprint density at radius 3 is 2.65 bits per heavy atom. The van der Waals surface area contributed by atoms with E-state index >= 15 is 0 Å². The fourth-order valence-electron chi connectivity index (χ4n) is 2.15. The summed E-state index contributed by atoms with van der Waals surface area (Å²) in [7, 11) is 3.18. The van der Waals surface area contributed by atoms with E-state index in [0.717, 1.165) is 11.4 Å². The molecule has 0 atom stereocenters. The summed E-state index contributed by atoms with van der Waals surface area (Å²) in [6.45, 7) is 4.52. The molecule has 0 aliphatic rings. The summed E-state index contributed by atoms with van der Waals surface area (Å²) in [5.41, 5.74) is 7.46. The fourth-order valence-corrected chi connectivity index (χ4v) is 2.15. The van der Waals surface area contributed by atoms with Gasteiger partial charge in [-0.2, -0.15) is 0 Å². The topological polar surface area (TPSA) is 88.1 Å². The highest BCUT2D eigenvalue weighted by atomic mass is 16.5. The molecule has 2 heterocycles. The van der Waals surface area contributed by atoms with Crippen LogP contribution in [0.4, 0.5) is 5.82 Å². The molecule has 7 heteroatoms. The largest absolute Gasteiger partial charge is 0.493 e. The van der Waals surface area contributed by atoms with Crippen LogP contribution in [0, 0.1) is 0 Å². The Kier molecular flexibility index (Phi) is 4.07. The van der Waals surface area contributed by atoms with Crippen LogP contribution in [0.15, 0.2) is 12.3 Å². The van der Waals surface area contributed by atoms with Crippen molar-refractivity contribution in [2.45, 2.75) is 26.3 Å². The Hall–Kier alpha value is -2.31. The smallest absolute Gasteiger partial charge is 0.184 e. The maximum absolute atomic E-state index is 5.85. The number of hydrogen-bond acceptors (Lipinski definition) is 6. The predicted molar refractivity (Wildman–Crippen MR) is 75.0 cm³/mol. The van der Waals surface area contributed by atoms with Crippen molar-refractivity contribution in [1.29, 1.82) is 0 Å². The van der Waals surface area contributed by atoms with E-state index < -0.39 is 0 Å². The van der Waals surface area contributed by atoms with E-state index in [-0.39, 0.29) is 5.92 Å². The lowest BCUT2D eigenvalue weighted by atomic mass is 10.1.